The van der Waals surface area contributed by atoms with Gasteiger partial charge < -0.3 is 4.74 Å². The van der Waals surface area contributed by atoms with Gasteiger partial charge in [0, 0.05) is 10.8 Å². The fourth-order valence-corrected chi connectivity index (χ4v) is 3.66. The summed E-state index contributed by atoms with van der Waals surface area (Å²) in [6, 6.07) is 31.0. The van der Waals surface area contributed by atoms with Crippen LogP contribution in [-0.4, -0.2) is 4.57 Å². The van der Waals surface area contributed by atoms with E-state index < -0.39 is 0 Å². The number of fused-ring (bicyclic) bond motifs is 3. The highest BCUT2D eigenvalue weighted by atomic mass is 16.5. The number of hydrogen-bond donors (Lipinski definition) is 0. The molecule has 4 aromatic carbocycles. The Kier molecular flexibility index (Phi) is 4.37. The molecule has 0 aliphatic rings. The van der Waals surface area contributed by atoms with Gasteiger partial charge in [-0.3, -0.25) is 9.59 Å². The molecule has 0 radical (unpaired) electrons. The highest BCUT2D eigenvalue weighted by molar-refractivity contribution is 6.05. The maximum absolute atomic E-state index is 13.4. The third-order valence-corrected chi connectivity index (χ3v) is 5.09. The average molecular weight is 391 g/mol. The van der Waals surface area contributed by atoms with Crippen LogP contribution < -0.4 is 15.9 Å². The lowest BCUT2D eigenvalue weighted by molar-refractivity contribution is 0.482. The van der Waals surface area contributed by atoms with Gasteiger partial charge in [0.15, 0.2) is 0 Å². The van der Waals surface area contributed by atoms with Crippen LogP contribution in [0.2, 0.25) is 0 Å². The van der Waals surface area contributed by atoms with Crippen LogP contribution in [0.4, 0.5) is 0 Å². The number of nitrogens with zero attached hydrogens (tertiary/aromatic N) is 1. The average Bonchev–Trinajstić information content (AvgIpc) is 2.89. The lowest BCUT2D eigenvalue weighted by Crippen LogP contribution is -2.28. The molecule has 30 heavy (non-hydrogen) atoms. The van der Waals surface area contributed by atoms with Crippen LogP contribution in [0.5, 0.6) is 11.5 Å². The number of hydrogen-bond acceptors (Lipinski definition) is 3. The van der Waals surface area contributed by atoms with E-state index >= 15 is 0 Å². The lowest BCUT2D eigenvalue weighted by atomic mass is 10.1. The molecular formula is C26H17NO3. The summed E-state index contributed by atoms with van der Waals surface area (Å²) in [5.74, 6) is 1.34. The van der Waals surface area contributed by atoms with Crippen molar-refractivity contribution in [1.82, 2.24) is 4.57 Å². The summed E-state index contributed by atoms with van der Waals surface area (Å²) < 4.78 is 7.06. The third kappa shape index (κ3) is 3.05. The second-order valence-corrected chi connectivity index (χ2v) is 6.95. The van der Waals surface area contributed by atoms with Gasteiger partial charge in [-0.05, 0) is 59.3 Å². The molecule has 0 saturated heterocycles. The smallest absolute Gasteiger partial charge is 0.265 e. The van der Waals surface area contributed by atoms with E-state index in [-0.39, 0.29) is 11.1 Å². The number of aromatic nitrogens is 1. The molecule has 0 fully saturated rings. The van der Waals surface area contributed by atoms with Gasteiger partial charge in [0.2, 0.25) is 0 Å². The minimum Gasteiger partial charge on any atom is -0.457 e. The van der Waals surface area contributed by atoms with Gasteiger partial charge in [0.05, 0.1) is 5.69 Å². The largest absolute Gasteiger partial charge is 0.457 e. The summed E-state index contributed by atoms with van der Waals surface area (Å²) in [5, 5.41) is 2.52. The summed E-state index contributed by atoms with van der Waals surface area (Å²) in [6.45, 7) is 0. The normalized spacial score (nSPS) is 10.9. The van der Waals surface area contributed by atoms with Crippen molar-refractivity contribution in [3.05, 3.63) is 124 Å². The summed E-state index contributed by atoms with van der Waals surface area (Å²) in [5.41, 5.74) is -0.191. The van der Waals surface area contributed by atoms with Gasteiger partial charge in [0.1, 0.15) is 11.5 Å². The number of ether oxygens (including phenoxy) is 1. The predicted octanol–water partition coefficient (Wildman–Crippen LogP) is 5.30. The Morgan fingerprint density at radius 2 is 0.900 bits per heavy atom. The Bertz CT molecular complexity index is 1410. The van der Waals surface area contributed by atoms with Crippen molar-refractivity contribution in [3.8, 4) is 17.2 Å². The molecule has 0 aliphatic heterocycles. The molecule has 144 valence electrons. The van der Waals surface area contributed by atoms with Crippen LogP contribution in [0.25, 0.3) is 27.2 Å². The summed E-state index contributed by atoms with van der Waals surface area (Å²) in [4.78, 5) is 26.7. The van der Waals surface area contributed by atoms with Crippen molar-refractivity contribution in [2.45, 2.75) is 0 Å². The van der Waals surface area contributed by atoms with Gasteiger partial charge in [-0.1, -0.05) is 54.6 Å². The molecule has 0 N–H and O–H groups in total. The molecule has 0 saturated carbocycles. The van der Waals surface area contributed by atoms with E-state index in [1.807, 2.05) is 66.7 Å². The maximum Gasteiger partial charge on any atom is 0.265 e. The topological polar surface area (TPSA) is 48.3 Å². The zero-order valence-electron chi connectivity index (χ0n) is 16.0. The second-order valence-electron chi connectivity index (χ2n) is 6.95. The lowest BCUT2D eigenvalue weighted by Gasteiger charge is -2.07. The number of para-hydroxylation sites is 1. The van der Waals surface area contributed by atoms with E-state index in [1.54, 1.807) is 36.4 Å². The van der Waals surface area contributed by atoms with Crippen LogP contribution in [-0.2, 0) is 0 Å². The zero-order chi connectivity index (χ0) is 20.5. The van der Waals surface area contributed by atoms with Crippen LogP contribution in [0.15, 0.2) is 113 Å². The minimum atomic E-state index is -0.344. The van der Waals surface area contributed by atoms with Crippen LogP contribution in [0.1, 0.15) is 0 Å². The first-order valence-electron chi connectivity index (χ1n) is 9.62. The van der Waals surface area contributed by atoms with Gasteiger partial charge >= 0.3 is 0 Å². The van der Waals surface area contributed by atoms with Gasteiger partial charge in [-0.15, -0.1) is 0 Å². The Balaban J connectivity index is 1.73. The second kappa shape index (κ2) is 7.33. The molecule has 4 nitrogen and oxygen atoms in total. The molecule has 0 unspecified atom stereocenters. The van der Waals surface area contributed by atoms with Crippen molar-refractivity contribution in [1.29, 1.82) is 0 Å². The molecule has 0 spiro atoms. The van der Waals surface area contributed by atoms with Crippen LogP contribution in [0, 0.1) is 0 Å². The van der Waals surface area contributed by atoms with Gasteiger partial charge in [-0.2, -0.15) is 0 Å². The SMILES string of the molecule is O=c1c2ccccc2c2ccccc2c(=O)n1-c1ccc(Oc2ccccc2)cc1. The molecule has 5 rings (SSSR count). The van der Waals surface area contributed by atoms with Crippen molar-refractivity contribution in [2.24, 2.45) is 0 Å². The van der Waals surface area contributed by atoms with E-state index in [4.69, 9.17) is 4.74 Å². The van der Waals surface area contributed by atoms with Crippen molar-refractivity contribution in [2.75, 3.05) is 0 Å². The Morgan fingerprint density at radius 3 is 1.43 bits per heavy atom. The van der Waals surface area contributed by atoms with Gasteiger partial charge in [-0.25, -0.2) is 4.57 Å². The minimum absolute atomic E-state index is 0.344. The van der Waals surface area contributed by atoms with Crippen LogP contribution >= 0.6 is 0 Å². The molecule has 5 aromatic rings. The summed E-state index contributed by atoms with van der Waals surface area (Å²) in [7, 11) is 0. The first-order chi connectivity index (χ1) is 14.7. The zero-order valence-corrected chi connectivity index (χ0v) is 16.0. The Labute approximate surface area is 172 Å². The third-order valence-electron chi connectivity index (χ3n) is 5.09. The van der Waals surface area contributed by atoms with E-state index in [9.17, 15) is 9.59 Å². The first-order valence-corrected chi connectivity index (χ1v) is 9.62. The molecule has 0 aliphatic carbocycles. The van der Waals surface area contributed by atoms with E-state index in [1.165, 1.54) is 4.57 Å². The molecule has 0 bridgehead atoms. The predicted molar refractivity (Wildman–Crippen MR) is 120 cm³/mol. The fourth-order valence-electron chi connectivity index (χ4n) is 3.66. The molecule has 0 amide bonds. The maximum atomic E-state index is 13.4. The first kappa shape index (κ1) is 17.9. The van der Waals surface area contributed by atoms with Crippen molar-refractivity contribution < 1.29 is 4.74 Å². The number of rotatable bonds is 3. The van der Waals surface area contributed by atoms with Crippen molar-refractivity contribution in [3.63, 3.8) is 0 Å². The van der Waals surface area contributed by atoms with Crippen molar-refractivity contribution >= 4 is 21.5 Å². The molecule has 4 heteroatoms. The standard InChI is InChI=1S/C26H17NO3/c28-25-23-12-6-4-10-21(23)22-11-5-7-13-24(22)26(29)27(25)18-14-16-20(17-15-18)30-19-8-2-1-3-9-19/h1-17H. The van der Waals surface area contributed by atoms with Gasteiger partial charge in [0.25, 0.3) is 11.1 Å². The Morgan fingerprint density at radius 1 is 0.467 bits per heavy atom. The molecule has 0 atom stereocenters. The quantitative estimate of drug-likeness (QED) is 0.419. The number of benzene rings is 4. The van der Waals surface area contributed by atoms with E-state index in [0.717, 1.165) is 16.5 Å². The highest BCUT2D eigenvalue weighted by Crippen LogP contribution is 2.23. The monoisotopic (exact) mass is 391 g/mol. The summed E-state index contributed by atoms with van der Waals surface area (Å²) >= 11 is 0. The van der Waals surface area contributed by atoms with Crippen LogP contribution in [0.3, 0.4) is 0 Å². The molecule has 1 aromatic heterocycles. The summed E-state index contributed by atoms with van der Waals surface area (Å²) in [6.07, 6.45) is 0. The Hall–Kier alpha value is -4.18. The highest BCUT2D eigenvalue weighted by Gasteiger charge is 2.12. The van der Waals surface area contributed by atoms with E-state index in [2.05, 4.69) is 0 Å². The molecule has 1 heterocycles. The van der Waals surface area contributed by atoms with E-state index in [0.29, 0.717) is 22.2 Å². The fraction of sp³-hybridized carbons (Fsp3) is 0. The molecular weight excluding hydrogens is 374 g/mol.